The number of nitriles is 1. The van der Waals surface area contributed by atoms with E-state index in [0.29, 0.717) is 12.0 Å². The van der Waals surface area contributed by atoms with Gasteiger partial charge in [-0.3, -0.25) is 0 Å². The van der Waals surface area contributed by atoms with Crippen molar-refractivity contribution in [1.29, 1.82) is 5.26 Å². The first-order valence-electron chi connectivity index (χ1n) is 6.81. The lowest BCUT2D eigenvalue weighted by molar-refractivity contribution is 0.0724. The number of hydrogen-bond donors (Lipinski definition) is 2. The van der Waals surface area contributed by atoms with Crippen molar-refractivity contribution < 1.29 is 13.5 Å². The van der Waals surface area contributed by atoms with E-state index in [1.807, 2.05) is 6.07 Å². The molecule has 0 bridgehead atoms. The lowest BCUT2D eigenvalue weighted by Gasteiger charge is -2.27. The smallest absolute Gasteiger partial charge is 0.242 e. The summed E-state index contributed by atoms with van der Waals surface area (Å²) in [4.78, 5) is -0.0477. The highest BCUT2D eigenvalue weighted by molar-refractivity contribution is 7.89. The minimum Gasteiger partial charge on any atom is -0.393 e. The summed E-state index contributed by atoms with van der Waals surface area (Å²) in [6, 6.07) is 5.96. The van der Waals surface area contributed by atoms with Gasteiger partial charge in [-0.05, 0) is 37.0 Å². The molecule has 1 aliphatic rings. The maximum absolute atomic E-state index is 12.2. The van der Waals surface area contributed by atoms with Crippen LogP contribution >= 0.6 is 11.6 Å². The molecule has 7 heteroatoms. The molecule has 2 atom stereocenters. The first kappa shape index (κ1) is 16.2. The maximum Gasteiger partial charge on any atom is 0.242 e. The van der Waals surface area contributed by atoms with Crippen LogP contribution in [0.1, 0.15) is 31.2 Å². The van der Waals surface area contributed by atoms with Crippen molar-refractivity contribution in [3.63, 3.8) is 0 Å². The number of nitrogens with zero attached hydrogens (tertiary/aromatic N) is 1. The van der Waals surface area contributed by atoms with E-state index in [0.717, 1.165) is 19.3 Å². The molecule has 0 radical (unpaired) electrons. The van der Waals surface area contributed by atoms with Gasteiger partial charge < -0.3 is 5.11 Å². The molecule has 5 nitrogen and oxygen atoms in total. The molecule has 0 heterocycles. The summed E-state index contributed by atoms with van der Waals surface area (Å²) < 4.78 is 27.0. The lowest BCUT2D eigenvalue weighted by Crippen LogP contribution is -2.36. The molecular weight excluding hydrogens is 312 g/mol. The van der Waals surface area contributed by atoms with Crippen molar-refractivity contribution in [1.82, 2.24) is 4.72 Å². The summed E-state index contributed by atoms with van der Waals surface area (Å²) in [6.45, 7) is 0.194. The Morgan fingerprint density at radius 3 is 2.71 bits per heavy atom. The monoisotopic (exact) mass is 328 g/mol. The van der Waals surface area contributed by atoms with Gasteiger partial charge in [0.05, 0.1) is 22.8 Å². The van der Waals surface area contributed by atoms with Crippen LogP contribution in [0.15, 0.2) is 23.1 Å². The van der Waals surface area contributed by atoms with Gasteiger partial charge in [0.25, 0.3) is 0 Å². The molecule has 1 aliphatic carbocycles. The predicted octanol–water partition coefficient (Wildman–Crippen LogP) is 2.04. The van der Waals surface area contributed by atoms with Crippen LogP contribution in [0.3, 0.4) is 0 Å². The van der Waals surface area contributed by atoms with Crippen LogP contribution in [-0.4, -0.2) is 26.2 Å². The van der Waals surface area contributed by atoms with Crippen molar-refractivity contribution in [2.24, 2.45) is 5.92 Å². The van der Waals surface area contributed by atoms with Gasteiger partial charge in [-0.1, -0.05) is 24.4 Å². The largest absolute Gasteiger partial charge is 0.393 e. The quantitative estimate of drug-likeness (QED) is 0.885. The summed E-state index contributed by atoms with van der Waals surface area (Å²) in [7, 11) is -3.74. The molecule has 1 aromatic carbocycles. The number of aliphatic hydroxyl groups is 1. The Hall–Kier alpha value is -1.13. The van der Waals surface area contributed by atoms with Crippen molar-refractivity contribution >= 4 is 21.6 Å². The topological polar surface area (TPSA) is 90.2 Å². The molecule has 2 rings (SSSR count). The number of benzene rings is 1. The third-order valence-electron chi connectivity index (χ3n) is 3.75. The highest BCUT2D eigenvalue weighted by atomic mass is 35.5. The standard InChI is InChI=1S/C14H17ClN2O3S/c15-12-7-10(8-16)5-6-14(12)21(19,20)17-9-11-3-1-2-4-13(11)18/h5-7,11,13,17-18H,1-4,9H2. The second kappa shape index (κ2) is 6.75. The molecule has 0 amide bonds. The van der Waals surface area contributed by atoms with Crippen LogP contribution in [0.5, 0.6) is 0 Å². The number of nitrogens with one attached hydrogen (secondary N) is 1. The first-order valence-corrected chi connectivity index (χ1v) is 8.67. The second-order valence-corrected chi connectivity index (χ2v) is 7.36. The summed E-state index contributed by atoms with van der Waals surface area (Å²) >= 11 is 5.92. The van der Waals surface area contributed by atoms with Crippen molar-refractivity contribution in [2.45, 2.75) is 36.7 Å². The Morgan fingerprint density at radius 2 is 2.10 bits per heavy atom. The average Bonchev–Trinajstić information content (AvgIpc) is 2.46. The molecule has 21 heavy (non-hydrogen) atoms. The molecule has 0 spiro atoms. The van der Waals surface area contributed by atoms with Crippen LogP contribution in [0.2, 0.25) is 5.02 Å². The van der Waals surface area contributed by atoms with Gasteiger partial charge in [0.15, 0.2) is 0 Å². The van der Waals surface area contributed by atoms with Gasteiger partial charge in [-0.2, -0.15) is 5.26 Å². The number of rotatable bonds is 4. The summed E-state index contributed by atoms with van der Waals surface area (Å²) in [5.41, 5.74) is 0.307. The highest BCUT2D eigenvalue weighted by Gasteiger charge is 2.26. The molecule has 1 aromatic rings. The molecule has 2 unspecified atom stereocenters. The maximum atomic E-state index is 12.2. The zero-order valence-electron chi connectivity index (χ0n) is 11.4. The van der Waals surface area contributed by atoms with E-state index in [-0.39, 0.29) is 22.4 Å². The Balaban J connectivity index is 2.10. The van der Waals surface area contributed by atoms with Crippen molar-refractivity contribution in [2.75, 3.05) is 6.54 Å². The summed E-state index contributed by atoms with van der Waals surface area (Å²) in [6.07, 6.45) is 3.04. The Bertz CT molecular complexity index is 655. The van der Waals surface area contributed by atoms with Crippen LogP contribution in [0.4, 0.5) is 0 Å². The fourth-order valence-corrected chi connectivity index (χ4v) is 4.15. The Labute approximate surface area is 129 Å². The van der Waals surface area contributed by atoms with Gasteiger partial charge in [0, 0.05) is 6.54 Å². The number of halogens is 1. The Morgan fingerprint density at radius 1 is 1.38 bits per heavy atom. The van der Waals surface area contributed by atoms with Crippen LogP contribution in [0.25, 0.3) is 0 Å². The van der Waals surface area contributed by atoms with Gasteiger partial charge >= 0.3 is 0 Å². The Kier molecular flexibility index (Phi) is 5.22. The lowest BCUT2D eigenvalue weighted by atomic mass is 9.87. The van der Waals surface area contributed by atoms with Crippen molar-refractivity contribution in [3.8, 4) is 6.07 Å². The number of sulfonamides is 1. The van der Waals surface area contributed by atoms with E-state index in [1.165, 1.54) is 18.2 Å². The van der Waals surface area contributed by atoms with E-state index >= 15 is 0 Å². The normalized spacial score (nSPS) is 22.7. The van der Waals surface area contributed by atoms with Gasteiger partial charge in [0.1, 0.15) is 4.90 Å². The number of hydrogen-bond acceptors (Lipinski definition) is 4. The molecule has 0 aliphatic heterocycles. The third kappa shape index (κ3) is 3.95. The first-order chi connectivity index (χ1) is 9.94. The SMILES string of the molecule is N#Cc1ccc(S(=O)(=O)NCC2CCCCC2O)c(Cl)c1. The minimum atomic E-state index is -3.74. The molecular formula is C14H17ClN2O3S. The van der Waals surface area contributed by atoms with E-state index in [4.69, 9.17) is 16.9 Å². The molecule has 114 valence electrons. The molecule has 2 N–H and O–H groups in total. The van der Waals surface area contributed by atoms with Crippen LogP contribution in [-0.2, 0) is 10.0 Å². The zero-order valence-corrected chi connectivity index (χ0v) is 13.0. The van der Waals surface area contributed by atoms with E-state index < -0.39 is 16.1 Å². The molecule has 1 saturated carbocycles. The molecule has 0 aromatic heterocycles. The van der Waals surface area contributed by atoms with Crippen molar-refractivity contribution in [3.05, 3.63) is 28.8 Å². The molecule has 0 saturated heterocycles. The second-order valence-electron chi connectivity index (χ2n) is 5.22. The van der Waals surface area contributed by atoms with Crippen LogP contribution < -0.4 is 4.72 Å². The van der Waals surface area contributed by atoms with Gasteiger partial charge in [0.2, 0.25) is 10.0 Å². The summed E-state index contributed by atoms with van der Waals surface area (Å²) in [5.74, 6) is -0.0642. The minimum absolute atomic E-state index is 0.0192. The van der Waals surface area contributed by atoms with Crippen LogP contribution in [0, 0.1) is 17.2 Å². The van der Waals surface area contributed by atoms with Gasteiger partial charge in [-0.25, -0.2) is 13.1 Å². The fourth-order valence-electron chi connectivity index (χ4n) is 2.51. The highest BCUT2D eigenvalue weighted by Crippen LogP contribution is 2.25. The predicted molar refractivity (Wildman–Crippen MR) is 79.3 cm³/mol. The fraction of sp³-hybridized carbons (Fsp3) is 0.500. The van der Waals surface area contributed by atoms with Gasteiger partial charge in [-0.15, -0.1) is 0 Å². The van der Waals surface area contributed by atoms with E-state index in [9.17, 15) is 13.5 Å². The zero-order chi connectivity index (χ0) is 15.5. The molecule has 1 fully saturated rings. The summed E-state index contributed by atoms with van der Waals surface area (Å²) in [5, 5.41) is 18.6. The number of aliphatic hydroxyl groups excluding tert-OH is 1. The van der Waals surface area contributed by atoms with E-state index in [2.05, 4.69) is 4.72 Å². The third-order valence-corrected chi connectivity index (χ3v) is 5.66. The average molecular weight is 329 g/mol. The van der Waals surface area contributed by atoms with E-state index in [1.54, 1.807) is 0 Å².